The Morgan fingerprint density at radius 3 is 2.48 bits per heavy atom. The second kappa shape index (κ2) is 8.97. The van der Waals surface area contributed by atoms with Crippen molar-refractivity contribution in [3.05, 3.63) is 59.6 Å². The number of pyridine rings is 1. The van der Waals surface area contributed by atoms with Crippen molar-refractivity contribution in [3.63, 3.8) is 0 Å². The van der Waals surface area contributed by atoms with Gasteiger partial charge in [-0.25, -0.2) is 4.98 Å². The molecule has 2 aromatic rings. The van der Waals surface area contributed by atoms with Crippen LogP contribution in [-0.2, 0) is 11.2 Å². The Balaban J connectivity index is 2.28. The Morgan fingerprint density at radius 2 is 1.92 bits per heavy atom. The van der Waals surface area contributed by atoms with Crippen LogP contribution in [-0.4, -0.2) is 34.0 Å². The van der Waals surface area contributed by atoms with Gasteiger partial charge in [0.15, 0.2) is 0 Å². The van der Waals surface area contributed by atoms with Crippen molar-refractivity contribution in [3.8, 4) is 5.82 Å². The lowest BCUT2D eigenvalue weighted by Crippen LogP contribution is -2.29. The number of aliphatic hydroxyl groups is 1. The summed E-state index contributed by atoms with van der Waals surface area (Å²) >= 11 is 0. The standard InChI is InChI=1S/C21H30N2O2/c1-6-10-25-20(14-24)18(7-2)13-19-11-15(3)12-21(22-19)23-16(4)8-9-17(23)5/h6,8-9,11-12,18,20,24H,1,7,10,13-14H2,2-5H3/t18-,20-/m0/s1. The van der Waals surface area contributed by atoms with Crippen LogP contribution in [0.3, 0.4) is 0 Å². The number of ether oxygens (including phenoxy) is 1. The lowest BCUT2D eigenvalue weighted by atomic mass is 9.93. The van der Waals surface area contributed by atoms with Crippen LogP contribution in [0.2, 0.25) is 0 Å². The molecule has 2 rings (SSSR count). The first-order chi connectivity index (χ1) is 12.0. The number of rotatable bonds is 9. The zero-order chi connectivity index (χ0) is 18.4. The minimum Gasteiger partial charge on any atom is -0.394 e. The summed E-state index contributed by atoms with van der Waals surface area (Å²) in [6.07, 6.45) is 3.24. The average Bonchev–Trinajstić information content (AvgIpc) is 2.92. The number of nitrogens with zero attached hydrogens (tertiary/aromatic N) is 2. The first kappa shape index (κ1) is 19.4. The first-order valence-corrected chi connectivity index (χ1v) is 8.96. The predicted molar refractivity (Wildman–Crippen MR) is 102 cm³/mol. The molecule has 2 aromatic heterocycles. The molecule has 136 valence electrons. The van der Waals surface area contributed by atoms with Gasteiger partial charge in [-0.1, -0.05) is 19.4 Å². The minimum atomic E-state index is -0.191. The van der Waals surface area contributed by atoms with Crippen molar-refractivity contribution in [2.75, 3.05) is 13.2 Å². The van der Waals surface area contributed by atoms with Gasteiger partial charge in [0.1, 0.15) is 5.82 Å². The van der Waals surface area contributed by atoms with Gasteiger partial charge in [-0.2, -0.15) is 0 Å². The van der Waals surface area contributed by atoms with E-state index in [1.54, 1.807) is 6.08 Å². The number of hydrogen-bond donors (Lipinski definition) is 1. The van der Waals surface area contributed by atoms with E-state index in [1.165, 1.54) is 17.0 Å². The molecule has 0 aliphatic heterocycles. The molecule has 2 heterocycles. The predicted octanol–water partition coefficient (Wildman–Crippen LogP) is 3.93. The number of aliphatic hydroxyl groups excluding tert-OH is 1. The fourth-order valence-electron chi connectivity index (χ4n) is 3.31. The van der Waals surface area contributed by atoms with Gasteiger partial charge in [-0.15, -0.1) is 6.58 Å². The van der Waals surface area contributed by atoms with Gasteiger partial charge in [0.25, 0.3) is 0 Å². The summed E-state index contributed by atoms with van der Waals surface area (Å²) in [6, 6.07) is 8.46. The molecule has 0 saturated carbocycles. The van der Waals surface area contributed by atoms with Crippen molar-refractivity contribution in [2.24, 2.45) is 5.92 Å². The third kappa shape index (κ3) is 4.80. The summed E-state index contributed by atoms with van der Waals surface area (Å²) in [6.45, 7) is 12.6. The van der Waals surface area contributed by atoms with Gasteiger partial charge >= 0.3 is 0 Å². The van der Waals surface area contributed by atoms with Crippen molar-refractivity contribution in [2.45, 2.75) is 46.6 Å². The maximum absolute atomic E-state index is 9.68. The zero-order valence-corrected chi connectivity index (χ0v) is 15.8. The SMILES string of the molecule is C=CCO[C@@H](CO)[C@@H](CC)Cc1cc(C)cc(-n2c(C)ccc2C)n1. The van der Waals surface area contributed by atoms with Crippen molar-refractivity contribution >= 4 is 0 Å². The highest BCUT2D eigenvalue weighted by atomic mass is 16.5. The Kier molecular flexibility index (Phi) is 6.97. The van der Waals surface area contributed by atoms with E-state index in [1.807, 2.05) is 0 Å². The molecule has 0 aromatic carbocycles. The molecule has 0 radical (unpaired) electrons. The molecule has 0 bridgehead atoms. The second-order valence-corrected chi connectivity index (χ2v) is 6.66. The van der Waals surface area contributed by atoms with Crippen LogP contribution >= 0.6 is 0 Å². The highest BCUT2D eigenvalue weighted by Gasteiger charge is 2.21. The number of hydrogen-bond acceptors (Lipinski definition) is 3. The van der Waals surface area contributed by atoms with Crippen LogP contribution < -0.4 is 0 Å². The highest BCUT2D eigenvalue weighted by molar-refractivity contribution is 5.35. The molecular formula is C21H30N2O2. The molecule has 0 unspecified atom stereocenters. The fourth-order valence-corrected chi connectivity index (χ4v) is 3.31. The van der Waals surface area contributed by atoms with E-state index in [4.69, 9.17) is 9.72 Å². The Hall–Kier alpha value is -1.91. The topological polar surface area (TPSA) is 47.3 Å². The monoisotopic (exact) mass is 342 g/mol. The van der Waals surface area contributed by atoms with Crippen molar-refractivity contribution < 1.29 is 9.84 Å². The minimum absolute atomic E-state index is 0.0147. The first-order valence-electron chi connectivity index (χ1n) is 8.96. The molecule has 0 amide bonds. The molecule has 25 heavy (non-hydrogen) atoms. The van der Waals surface area contributed by atoms with Crippen molar-refractivity contribution in [1.29, 1.82) is 0 Å². The fraction of sp³-hybridized carbons (Fsp3) is 0.476. The number of aryl methyl sites for hydroxylation is 3. The Labute approximate surface area is 151 Å². The molecule has 0 saturated heterocycles. The van der Waals surface area contributed by atoms with E-state index in [-0.39, 0.29) is 18.6 Å². The molecule has 2 atom stereocenters. The average molecular weight is 342 g/mol. The summed E-state index contributed by atoms with van der Waals surface area (Å²) in [4.78, 5) is 4.89. The van der Waals surface area contributed by atoms with Gasteiger partial charge in [0.2, 0.25) is 0 Å². The van der Waals surface area contributed by atoms with Gasteiger partial charge < -0.3 is 14.4 Å². The summed E-state index contributed by atoms with van der Waals surface area (Å²) in [5.74, 6) is 1.18. The molecule has 0 aliphatic rings. The highest BCUT2D eigenvalue weighted by Crippen LogP contribution is 2.21. The molecule has 1 N–H and O–H groups in total. The normalized spacial score (nSPS) is 13.6. The second-order valence-electron chi connectivity index (χ2n) is 6.66. The van der Waals surface area contributed by atoms with Gasteiger partial charge in [0.05, 0.1) is 19.3 Å². The summed E-state index contributed by atoms with van der Waals surface area (Å²) < 4.78 is 7.91. The summed E-state index contributed by atoms with van der Waals surface area (Å²) in [7, 11) is 0. The van der Waals surface area contributed by atoms with E-state index < -0.39 is 0 Å². The van der Waals surface area contributed by atoms with Gasteiger partial charge in [-0.05, 0) is 62.9 Å². The summed E-state index contributed by atoms with van der Waals surface area (Å²) in [5.41, 5.74) is 4.58. The number of aromatic nitrogens is 2. The smallest absolute Gasteiger partial charge is 0.137 e. The van der Waals surface area contributed by atoms with E-state index in [0.717, 1.165) is 24.4 Å². The van der Waals surface area contributed by atoms with E-state index in [9.17, 15) is 5.11 Å². The van der Waals surface area contributed by atoms with Gasteiger partial charge in [-0.3, -0.25) is 0 Å². The zero-order valence-electron chi connectivity index (χ0n) is 15.8. The molecule has 0 aliphatic carbocycles. The van der Waals surface area contributed by atoms with Crippen molar-refractivity contribution in [1.82, 2.24) is 9.55 Å². The summed E-state index contributed by atoms with van der Waals surface area (Å²) in [5, 5.41) is 9.68. The molecule has 4 nitrogen and oxygen atoms in total. The quantitative estimate of drug-likeness (QED) is 0.702. The molecular weight excluding hydrogens is 312 g/mol. The van der Waals surface area contributed by atoms with Crippen LogP contribution in [0.4, 0.5) is 0 Å². The van der Waals surface area contributed by atoms with Crippen LogP contribution in [0.5, 0.6) is 0 Å². The van der Waals surface area contributed by atoms with E-state index in [2.05, 4.69) is 63.1 Å². The molecule has 4 heteroatoms. The van der Waals surface area contributed by atoms with Crippen LogP contribution in [0.1, 0.15) is 36.0 Å². The lowest BCUT2D eigenvalue weighted by Gasteiger charge is -2.24. The lowest BCUT2D eigenvalue weighted by molar-refractivity contribution is -0.0115. The van der Waals surface area contributed by atoms with E-state index >= 15 is 0 Å². The Morgan fingerprint density at radius 1 is 1.24 bits per heavy atom. The molecule has 0 fully saturated rings. The van der Waals surface area contributed by atoms with Gasteiger partial charge in [0, 0.05) is 17.1 Å². The van der Waals surface area contributed by atoms with Crippen LogP contribution in [0.25, 0.3) is 5.82 Å². The third-order valence-corrected chi connectivity index (χ3v) is 4.64. The van der Waals surface area contributed by atoms with Crippen LogP contribution in [0.15, 0.2) is 36.9 Å². The van der Waals surface area contributed by atoms with Crippen LogP contribution in [0, 0.1) is 26.7 Å². The maximum Gasteiger partial charge on any atom is 0.137 e. The van der Waals surface area contributed by atoms with E-state index in [0.29, 0.717) is 6.61 Å². The largest absolute Gasteiger partial charge is 0.394 e. The third-order valence-electron chi connectivity index (χ3n) is 4.64. The Bertz CT molecular complexity index is 686. The maximum atomic E-state index is 9.68. The molecule has 0 spiro atoms.